The molecule has 1 saturated heterocycles. The van der Waals surface area contributed by atoms with Crippen LogP contribution in [0.4, 0.5) is 0 Å². The van der Waals surface area contributed by atoms with E-state index in [2.05, 4.69) is 0 Å². The number of hydrogen-bond acceptors (Lipinski definition) is 6. The molecule has 1 fully saturated rings. The van der Waals surface area contributed by atoms with Gasteiger partial charge in [-0.15, -0.1) is 0 Å². The molecule has 7 nitrogen and oxygen atoms in total. The SMILES string of the molecule is O=PC[C@H]1O[C@@H](N2C=CC(=O)CC2=O)[C@H](O)[C@@H]1P=O. The number of ketones is 1. The molecule has 1 amide bonds. The number of carbonyl (C=O) groups excluding carboxylic acids is 2. The first-order valence-electron chi connectivity index (χ1n) is 5.55. The van der Waals surface area contributed by atoms with Crippen molar-refractivity contribution in [3.8, 4) is 0 Å². The van der Waals surface area contributed by atoms with E-state index in [0.29, 0.717) is 0 Å². The maximum Gasteiger partial charge on any atom is 0.236 e. The van der Waals surface area contributed by atoms with Crippen LogP contribution < -0.4 is 0 Å². The molecule has 102 valence electrons. The molecular formula is C10H11NO6P2. The number of hydrogen-bond donors (Lipinski definition) is 1. The van der Waals surface area contributed by atoms with E-state index in [0.717, 1.165) is 4.90 Å². The number of allylic oxidation sites excluding steroid dienone is 1. The molecule has 1 N–H and O–H groups in total. The number of aliphatic hydroxyl groups is 1. The van der Waals surface area contributed by atoms with E-state index in [1.807, 2.05) is 0 Å². The van der Waals surface area contributed by atoms with Gasteiger partial charge in [-0.3, -0.25) is 23.6 Å². The van der Waals surface area contributed by atoms with Crippen LogP contribution in [0.15, 0.2) is 12.3 Å². The fourth-order valence-electron chi connectivity index (χ4n) is 2.09. The smallest absolute Gasteiger partial charge is 0.236 e. The van der Waals surface area contributed by atoms with Crippen LogP contribution in [0.1, 0.15) is 6.42 Å². The standard InChI is InChI=1S/C10H11NO6P2/c12-5-1-2-11(7(13)3-5)10-8(14)9(19-16)6(17-10)4-18-15/h1-2,6,8-10,14H,3-4H2/t6-,8-,9-,10-/m1/s1. The zero-order valence-electron chi connectivity index (χ0n) is 9.71. The van der Waals surface area contributed by atoms with Crippen LogP contribution in [0, 0.1) is 0 Å². The van der Waals surface area contributed by atoms with Crippen molar-refractivity contribution in [2.45, 2.75) is 30.5 Å². The molecule has 0 spiro atoms. The summed E-state index contributed by atoms with van der Waals surface area (Å²) >= 11 is 0. The van der Waals surface area contributed by atoms with Gasteiger partial charge in [-0.05, 0) is 6.08 Å². The molecule has 0 aromatic carbocycles. The van der Waals surface area contributed by atoms with E-state index in [9.17, 15) is 23.8 Å². The average Bonchev–Trinajstić information content (AvgIpc) is 2.66. The molecular weight excluding hydrogens is 292 g/mol. The molecule has 0 bridgehead atoms. The molecule has 0 radical (unpaired) electrons. The Balaban J connectivity index is 2.19. The minimum absolute atomic E-state index is 0.0815. The molecule has 0 saturated carbocycles. The van der Waals surface area contributed by atoms with Crippen molar-refractivity contribution in [1.29, 1.82) is 0 Å². The van der Waals surface area contributed by atoms with Gasteiger partial charge in [0.15, 0.2) is 28.9 Å². The van der Waals surface area contributed by atoms with Crippen molar-refractivity contribution in [3.63, 3.8) is 0 Å². The Morgan fingerprint density at radius 2 is 2.16 bits per heavy atom. The molecule has 2 rings (SSSR count). The number of ether oxygens (including phenoxy) is 1. The van der Waals surface area contributed by atoms with Gasteiger partial charge in [-0.2, -0.15) is 0 Å². The highest BCUT2D eigenvalue weighted by Gasteiger charge is 2.48. The van der Waals surface area contributed by atoms with Crippen molar-refractivity contribution in [2.24, 2.45) is 0 Å². The number of nitrogens with zero attached hydrogens (tertiary/aromatic N) is 1. The summed E-state index contributed by atoms with van der Waals surface area (Å²) in [7, 11) is -0.524. The van der Waals surface area contributed by atoms with Crippen molar-refractivity contribution < 1.29 is 28.6 Å². The third kappa shape index (κ3) is 2.79. The molecule has 0 aromatic rings. The van der Waals surface area contributed by atoms with Gasteiger partial charge in [-0.25, -0.2) is 0 Å². The number of rotatable bonds is 4. The summed E-state index contributed by atoms with van der Waals surface area (Å²) in [6, 6.07) is 0. The first-order valence-corrected chi connectivity index (χ1v) is 7.43. The molecule has 0 aromatic heterocycles. The maximum absolute atomic E-state index is 11.7. The van der Waals surface area contributed by atoms with E-state index < -0.39 is 30.0 Å². The summed E-state index contributed by atoms with van der Waals surface area (Å²) in [5.41, 5.74) is -0.745. The Morgan fingerprint density at radius 1 is 1.42 bits per heavy atom. The highest BCUT2D eigenvalue weighted by Crippen LogP contribution is 2.34. The largest absolute Gasteiger partial charge is 0.387 e. The van der Waals surface area contributed by atoms with Crippen LogP contribution in [-0.4, -0.2) is 52.0 Å². The Morgan fingerprint density at radius 3 is 2.74 bits per heavy atom. The fourth-order valence-corrected chi connectivity index (χ4v) is 3.30. The summed E-state index contributed by atoms with van der Waals surface area (Å²) in [6.07, 6.45) is -0.565. The average molecular weight is 303 g/mol. The van der Waals surface area contributed by atoms with E-state index in [-0.39, 0.29) is 35.3 Å². The maximum atomic E-state index is 11.7. The molecule has 9 heteroatoms. The Kier molecular flexibility index (Phi) is 4.53. The monoisotopic (exact) mass is 303 g/mol. The third-order valence-corrected chi connectivity index (χ3v) is 4.41. The van der Waals surface area contributed by atoms with E-state index in [1.54, 1.807) is 0 Å². The third-order valence-electron chi connectivity index (χ3n) is 3.02. The lowest BCUT2D eigenvalue weighted by Gasteiger charge is -2.28. The lowest BCUT2D eigenvalue weighted by molar-refractivity contribution is -0.147. The van der Waals surface area contributed by atoms with Gasteiger partial charge in [0, 0.05) is 6.20 Å². The summed E-state index contributed by atoms with van der Waals surface area (Å²) in [5.74, 6) is -0.806. The Labute approximate surface area is 112 Å². The Hall–Kier alpha value is -1.00. The first kappa shape index (κ1) is 14.4. The molecule has 4 atom stereocenters. The first-order chi connectivity index (χ1) is 9.08. The second-order valence-corrected chi connectivity index (χ2v) is 5.65. The molecule has 2 aliphatic heterocycles. The summed E-state index contributed by atoms with van der Waals surface area (Å²) in [5, 5.41) is 10.0. The van der Waals surface area contributed by atoms with Crippen LogP contribution in [0.3, 0.4) is 0 Å². The highest BCUT2D eigenvalue weighted by atomic mass is 31.1. The zero-order valence-corrected chi connectivity index (χ0v) is 11.5. The normalized spacial score (nSPS) is 35.5. The molecule has 2 heterocycles. The summed E-state index contributed by atoms with van der Waals surface area (Å²) in [4.78, 5) is 23.9. The topological polar surface area (TPSA) is 101 Å². The van der Waals surface area contributed by atoms with Gasteiger partial charge >= 0.3 is 0 Å². The number of aliphatic hydroxyl groups excluding tert-OH is 1. The lowest BCUT2D eigenvalue weighted by Crippen LogP contribution is -2.45. The van der Waals surface area contributed by atoms with Crippen molar-refractivity contribution in [3.05, 3.63) is 12.3 Å². The second kappa shape index (κ2) is 5.97. The Bertz CT molecular complexity index is 453. The van der Waals surface area contributed by atoms with Gasteiger partial charge in [0.25, 0.3) is 0 Å². The minimum Gasteiger partial charge on any atom is -0.387 e. The summed E-state index contributed by atoms with van der Waals surface area (Å²) in [6.45, 7) is 0. The van der Waals surface area contributed by atoms with Gasteiger partial charge in [0.2, 0.25) is 5.91 Å². The van der Waals surface area contributed by atoms with Gasteiger partial charge in [0.1, 0.15) is 6.10 Å². The predicted molar refractivity (Wildman–Crippen MR) is 64.1 cm³/mol. The molecule has 19 heavy (non-hydrogen) atoms. The van der Waals surface area contributed by atoms with Crippen LogP contribution in [0.5, 0.6) is 0 Å². The fraction of sp³-hybridized carbons (Fsp3) is 0.600. The predicted octanol–water partition coefficient (Wildman–Crippen LogP) is 0.339. The minimum atomic E-state index is -1.16. The molecule has 0 aliphatic carbocycles. The van der Waals surface area contributed by atoms with Crippen LogP contribution in [0.25, 0.3) is 0 Å². The van der Waals surface area contributed by atoms with Crippen LogP contribution >= 0.6 is 16.9 Å². The van der Waals surface area contributed by atoms with Gasteiger partial charge in [0.05, 0.1) is 24.3 Å². The summed E-state index contributed by atoms with van der Waals surface area (Å²) < 4.78 is 27.1. The van der Waals surface area contributed by atoms with Crippen molar-refractivity contribution in [2.75, 3.05) is 6.16 Å². The lowest BCUT2D eigenvalue weighted by atomic mass is 10.1. The van der Waals surface area contributed by atoms with Crippen LogP contribution in [-0.2, 0) is 23.5 Å². The molecule has 0 unspecified atom stereocenters. The van der Waals surface area contributed by atoms with E-state index in [4.69, 9.17) is 4.74 Å². The van der Waals surface area contributed by atoms with E-state index >= 15 is 0 Å². The molecule has 2 aliphatic rings. The quantitative estimate of drug-likeness (QED) is 0.593. The van der Waals surface area contributed by atoms with Crippen molar-refractivity contribution >= 4 is 28.6 Å². The number of amides is 1. The van der Waals surface area contributed by atoms with Crippen LogP contribution in [0.2, 0.25) is 0 Å². The highest BCUT2D eigenvalue weighted by molar-refractivity contribution is 7.25. The van der Waals surface area contributed by atoms with E-state index in [1.165, 1.54) is 12.3 Å². The van der Waals surface area contributed by atoms with Crippen molar-refractivity contribution in [1.82, 2.24) is 4.90 Å². The van der Waals surface area contributed by atoms with Gasteiger partial charge in [-0.1, -0.05) is 0 Å². The second-order valence-electron chi connectivity index (χ2n) is 4.22. The number of carbonyl (C=O) groups is 2. The zero-order chi connectivity index (χ0) is 14.0. The van der Waals surface area contributed by atoms with Gasteiger partial charge < -0.3 is 9.84 Å².